The van der Waals surface area contributed by atoms with Crippen LogP contribution < -0.4 is 5.32 Å². The van der Waals surface area contributed by atoms with E-state index in [9.17, 15) is 13.2 Å². The third-order valence-corrected chi connectivity index (χ3v) is 2.82. The van der Waals surface area contributed by atoms with Gasteiger partial charge < -0.3 is 14.5 Å². The lowest BCUT2D eigenvalue weighted by Gasteiger charge is -2.20. The highest BCUT2D eigenvalue weighted by molar-refractivity contribution is 5.20. The lowest BCUT2D eigenvalue weighted by atomic mass is 10.1. The molecule has 0 aromatic carbocycles. The van der Waals surface area contributed by atoms with E-state index >= 15 is 0 Å². The number of halogens is 3. The number of rotatable bonds is 5. The van der Waals surface area contributed by atoms with E-state index in [2.05, 4.69) is 5.32 Å². The molecule has 1 unspecified atom stereocenters. The molecule has 0 bridgehead atoms. The monoisotopic (exact) mass is 293 g/mol. The summed E-state index contributed by atoms with van der Waals surface area (Å²) in [4.78, 5) is 0. The van der Waals surface area contributed by atoms with Crippen LogP contribution in [0.5, 0.6) is 0 Å². The number of aryl methyl sites for hydroxylation is 1. The summed E-state index contributed by atoms with van der Waals surface area (Å²) in [5.74, 6) is 1.10. The van der Waals surface area contributed by atoms with Gasteiger partial charge in [0.15, 0.2) is 6.10 Å². The van der Waals surface area contributed by atoms with Crippen molar-refractivity contribution in [1.29, 1.82) is 0 Å². The van der Waals surface area contributed by atoms with Crippen molar-refractivity contribution in [2.75, 3.05) is 0 Å². The molecular weight excluding hydrogens is 271 g/mol. The minimum atomic E-state index is -4.35. The van der Waals surface area contributed by atoms with E-state index in [0.717, 1.165) is 12.5 Å². The van der Waals surface area contributed by atoms with Crippen molar-refractivity contribution in [2.45, 2.75) is 65.6 Å². The molecule has 1 aromatic heterocycles. The second-order valence-corrected chi connectivity index (χ2v) is 5.89. The predicted octanol–water partition coefficient (Wildman–Crippen LogP) is 3.94. The minimum absolute atomic E-state index is 0.0365. The van der Waals surface area contributed by atoms with E-state index < -0.39 is 12.3 Å². The first kappa shape index (κ1) is 17.0. The van der Waals surface area contributed by atoms with Gasteiger partial charge in [0.1, 0.15) is 18.1 Å². The van der Waals surface area contributed by atoms with Gasteiger partial charge in [-0.2, -0.15) is 13.2 Å². The quantitative estimate of drug-likeness (QED) is 0.892. The van der Waals surface area contributed by atoms with Crippen LogP contribution in [0.25, 0.3) is 0 Å². The van der Waals surface area contributed by atoms with Crippen LogP contribution in [0.4, 0.5) is 13.2 Å². The molecular formula is C14H22F3NO2. The summed E-state index contributed by atoms with van der Waals surface area (Å²) >= 11 is 0. The summed E-state index contributed by atoms with van der Waals surface area (Å²) < 4.78 is 47.1. The van der Waals surface area contributed by atoms with E-state index in [1.165, 1.54) is 0 Å². The Morgan fingerprint density at radius 1 is 1.30 bits per heavy atom. The second-order valence-electron chi connectivity index (χ2n) is 5.89. The van der Waals surface area contributed by atoms with Crippen molar-refractivity contribution in [2.24, 2.45) is 0 Å². The molecule has 0 spiro atoms. The Bertz CT molecular complexity index is 433. The Kier molecular flexibility index (Phi) is 5.27. The molecule has 0 aliphatic heterocycles. The summed E-state index contributed by atoms with van der Waals surface area (Å²) in [5.41, 5.74) is 0.892. The highest BCUT2D eigenvalue weighted by Crippen LogP contribution is 2.24. The van der Waals surface area contributed by atoms with Crippen LogP contribution in [0.3, 0.4) is 0 Å². The molecule has 1 N–H and O–H groups in total. The molecule has 1 rings (SSSR count). The average Bonchev–Trinajstić information content (AvgIpc) is 2.62. The average molecular weight is 293 g/mol. The van der Waals surface area contributed by atoms with Crippen molar-refractivity contribution in [3.63, 3.8) is 0 Å². The van der Waals surface area contributed by atoms with Gasteiger partial charge in [-0.1, -0.05) is 0 Å². The van der Waals surface area contributed by atoms with Crippen LogP contribution in [0.15, 0.2) is 10.5 Å². The first-order chi connectivity index (χ1) is 8.99. The Hall–Kier alpha value is -1.01. The Morgan fingerprint density at radius 3 is 2.40 bits per heavy atom. The van der Waals surface area contributed by atoms with Crippen molar-refractivity contribution >= 4 is 0 Å². The number of nitrogens with one attached hydrogen (secondary N) is 1. The molecule has 1 aromatic rings. The number of furan rings is 1. The van der Waals surface area contributed by atoms with Gasteiger partial charge in [0, 0.05) is 17.6 Å². The maximum atomic E-state index is 12.3. The van der Waals surface area contributed by atoms with E-state index in [0.29, 0.717) is 18.1 Å². The summed E-state index contributed by atoms with van der Waals surface area (Å²) in [6.07, 6.45) is -6.15. The van der Waals surface area contributed by atoms with Gasteiger partial charge in [0.2, 0.25) is 0 Å². The first-order valence-electron chi connectivity index (χ1n) is 6.50. The van der Waals surface area contributed by atoms with Gasteiger partial charge in [-0.25, -0.2) is 0 Å². The summed E-state index contributed by atoms with van der Waals surface area (Å²) in [6.45, 7) is 9.31. The Morgan fingerprint density at radius 2 is 1.90 bits per heavy atom. The highest BCUT2D eigenvalue weighted by Gasteiger charge is 2.37. The molecule has 1 atom stereocenters. The lowest BCUT2D eigenvalue weighted by Crippen LogP contribution is -2.35. The molecule has 0 aliphatic rings. The van der Waals surface area contributed by atoms with Gasteiger partial charge in [-0.05, 0) is 40.7 Å². The molecule has 0 radical (unpaired) electrons. The Labute approximate surface area is 117 Å². The van der Waals surface area contributed by atoms with E-state index in [-0.39, 0.29) is 12.1 Å². The van der Waals surface area contributed by atoms with Crippen molar-refractivity contribution in [3.05, 3.63) is 23.2 Å². The number of hydrogen-bond acceptors (Lipinski definition) is 3. The van der Waals surface area contributed by atoms with Gasteiger partial charge in [-0.3, -0.25) is 0 Å². The van der Waals surface area contributed by atoms with Gasteiger partial charge >= 0.3 is 6.18 Å². The molecule has 6 heteroatoms. The zero-order chi connectivity index (χ0) is 15.6. The second kappa shape index (κ2) is 6.18. The molecule has 0 amide bonds. The highest BCUT2D eigenvalue weighted by atomic mass is 19.4. The maximum absolute atomic E-state index is 12.3. The topological polar surface area (TPSA) is 34.4 Å². The fourth-order valence-corrected chi connectivity index (χ4v) is 1.50. The lowest BCUT2D eigenvalue weighted by molar-refractivity contribution is -0.218. The summed E-state index contributed by atoms with van der Waals surface area (Å²) in [6, 6.07) is 1.73. The molecule has 20 heavy (non-hydrogen) atoms. The summed E-state index contributed by atoms with van der Waals surface area (Å²) in [7, 11) is 0. The smallest absolute Gasteiger partial charge is 0.414 e. The van der Waals surface area contributed by atoms with Gasteiger partial charge in [0.25, 0.3) is 0 Å². The zero-order valence-electron chi connectivity index (χ0n) is 12.5. The standard InChI is InChI=1S/C14H22F3NO2/c1-9-11(7-18-13(3,4)5)6-12(20-9)8-19-10(2)14(15,16)17/h6,10,18H,7-8H2,1-5H3. The summed E-state index contributed by atoms with van der Waals surface area (Å²) in [5, 5.41) is 3.30. The largest absolute Gasteiger partial charge is 0.464 e. The SMILES string of the molecule is Cc1oc(COC(C)C(F)(F)F)cc1CNC(C)(C)C. The van der Waals surface area contributed by atoms with Crippen LogP contribution in [0.1, 0.15) is 44.8 Å². The molecule has 3 nitrogen and oxygen atoms in total. The number of hydrogen-bond donors (Lipinski definition) is 1. The fraction of sp³-hybridized carbons (Fsp3) is 0.714. The van der Waals surface area contributed by atoms with E-state index in [4.69, 9.17) is 9.15 Å². The number of alkyl halides is 3. The fourth-order valence-electron chi connectivity index (χ4n) is 1.50. The molecule has 0 saturated heterocycles. The van der Waals surface area contributed by atoms with Gasteiger partial charge in [0.05, 0.1) is 0 Å². The van der Waals surface area contributed by atoms with Crippen LogP contribution >= 0.6 is 0 Å². The molecule has 0 fully saturated rings. The Balaban J connectivity index is 2.57. The van der Waals surface area contributed by atoms with Gasteiger partial charge in [-0.15, -0.1) is 0 Å². The minimum Gasteiger partial charge on any atom is -0.464 e. The van der Waals surface area contributed by atoms with Crippen molar-refractivity contribution < 1.29 is 22.3 Å². The predicted molar refractivity (Wildman–Crippen MR) is 70.3 cm³/mol. The third-order valence-electron chi connectivity index (χ3n) is 2.82. The van der Waals surface area contributed by atoms with Crippen LogP contribution in [-0.2, 0) is 17.9 Å². The van der Waals surface area contributed by atoms with E-state index in [1.807, 2.05) is 20.8 Å². The van der Waals surface area contributed by atoms with Crippen molar-refractivity contribution in [3.8, 4) is 0 Å². The van der Waals surface area contributed by atoms with E-state index in [1.54, 1.807) is 13.0 Å². The van der Waals surface area contributed by atoms with Crippen LogP contribution in [0.2, 0.25) is 0 Å². The molecule has 1 heterocycles. The van der Waals surface area contributed by atoms with Crippen molar-refractivity contribution in [1.82, 2.24) is 5.32 Å². The van der Waals surface area contributed by atoms with Crippen LogP contribution in [-0.4, -0.2) is 17.8 Å². The normalized spacial score (nSPS) is 14.6. The molecule has 116 valence electrons. The zero-order valence-corrected chi connectivity index (χ0v) is 12.5. The number of ether oxygens (including phenoxy) is 1. The maximum Gasteiger partial charge on any atom is 0.414 e. The molecule has 0 aliphatic carbocycles. The molecule has 0 saturated carbocycles. The first-order valence-corrected chi connectivity index (χ1v) is 6.50. The van der Waals surface area contributed by atoms with Crippen LogP contribution in [0, 0.1) is 6.92 Å². The third kappa shape index (κ3) is 5.54.